The van der Waals surface area contributed by atoms with Gasteiger partial charge in [0.2, 0.25) is 17.7 Å². The van der Waals surface area contributed by atoms with E-state index in [0.717, 1.165) is 84.6 Å². The summed E-state index contributed by atoms with van der Waals surface area (Å²) >= 11 is 7.81. The van der Waals surface area contributed by atoms with E-state index in [1.807, 2.05) is 60.5 Å². The van der Waals surface area contributed by atoms with Gasteiger partial charge in [0.15, 0.2) is 17.5 Å². The van der Waals surface area contributed by atoms with E-state index < -0.39 is 173 Å². The Morgan fingerprint density at radius 2 is 0.793 bits per heavy atom. The number of aryl methyl sites for hydroxylation is 2. The number of fused-ring (bicyclic) bond motifs is 15. The molecule has 0 radical (unpaired) electrons. The number of halogens is 9. The van der Waals surface area contributed by atoms with Gasteiger partial charge in [-0.05, 0) is 139 Å². The van der Waals surface area contributed by atoms with Gasteiger partial charge in [-0.2, -0.15) is 0 Å². The van der Waals surface area contributed by atoms with Crippen molar-refractivity contribution in [2.75, 3.05) is 110 Å². The molecule has 12 aromatic rings. The van der Waals surface area contributed by atoms with Crippen LogP contribution in [-0.4, -0.2) is 226 Å². The van der Waals surface area contributed by atoms with Gasteiger partial charge in [-0.15, -0.1) is 11.3 Å². The van der Waals surface area contributed by atoms with E-state index in [1.165, 1.54) is 93.2 Å². The van der Waals surface area contributed by atoms with Crippen molar-refractivity contribution in [1.82, 2.24) is 58.2 Å². The Morgan fingerprint density at radius 3 is 1.16 bits per heavy atom. The molecule has 0 spiro atoms. The van der Waals surface area contributed by atoms with E-state index in [1.54, 1.807) is 49.3 Å². The van der Waals surface area contributed by atoms with Gasteiger partial charge in [0.05, 0.1) is 131 Å². The van der Waals surface area contributed by atoms with Gasteiger partial charge in [-0.25, -0.2) is 60.0 Å². The first-order valence-corrected chi connectivity index (χ1v) is 46.1. The van der Waals surface area contributed by atoms with Crippen LogP contribution >= 0.6 is 22.9 Å². The van der Waals surface area contributed by atoms with Crippen molar-refractivity contribution in [3.05, 3.63) is 240 Å². The summed E-state index contributed by atoms with van der Waals surface area (Å²) in [5, 5.41) is 31.8. The van der Waals surface area contributed by atoms with Crippen molar-refractivity contribution in [3.8, 4) is 67.0 Å². The fraction of sp³-hybridized carbons (Fsp3) is 0.320. The molecule has 6 unspecified atom stereocenters. The van der Waals surface area contributed by atoms with Crippen molar-refractivity contribution >= 4 is 125 Å². The van der Waals surface area contributed by atoms with Crippen LogP contribution in [-0.2, 0) is 28.8 Å². The van der Waals surface area contributed by atoms with Crippen LogP contribution in [0.3, 0.4) is 0 Å². The number of aromatic hydroxyl groups is 3. The average Bonchev–Trinajstić information content (AvgIpc) is 1.53. The van der Waals surface area contributed by atoms with E-state index in [0.29, 0.717) is 35.0 Å². The molecule has 3 N–H and O–H groups in total. The van der Waals surface area contributed by atoms with Gasteiger partial charge in [0, 0.05) is 86.7 Å². The number of phenols is 3. The smallest absolute Gasteiger partial charge is 0.282 e. The van der Waals surface area contributed by atoms with Gasteiger partial charge in [0.1, 0.15) is 99.2 Å². The van der Waals surface area contributed by atoms with Crippen molar-refractivity contribution in [1.29, 1.82) is 0 Å². The SMILES string of the molecule is C=CC(=O)N1CC2C(=O)N(C)c3c(c4cc(Cl)c(-c5c(O)cccc5F)c(F)c4n(-c4c(C)ncnc4C(C)C)c3=O)N2CC1C.C=CC(=O)N1CC2C(=O)N(C)c3c(c4cc(F)c(-c5c(O)cccc5F)c(F)c4n(-c4c(C)ncnc4C(C)C)c3=O)N2CC1C.C=CC(=O)N1CC2C(=O)N(CCN(C)C)c3c(c4cc(F)c(-c5c(O)cccc5F)c(F)c4n(-c4scnc4C(C)C)c3=O)N2CC1C. The normalized spacial score (nSPS) is 17.8. The molecule has 6 aromatic carbocycles. The molecule has 140 heavy (non-hydrogen) atoms. The number of piperazine rings is 3. The lowest BCUT2D eigenvalue weighted by Gasteiger charge is -2.50. The van der Waals surface area contributed by atoms with Crippen LogP contribution in [0.4, 0.5) is 69.2 Å². The molecule has 728 valence electrons. The molecular weight excluding hydrogens is 1860 g/mol. The maximum atomic E-state index is 17.3. The van der Waals surface area contributed by atoms with Crippen molar-refractivity contribution in [2.24, 2.45) is 0 Å². The topological polar surface area (TPSA) is 326 Å². The Bertz CT molecular complexity index is 7170. The highest BCUT2D eigenvalue weighted by atomic mass is 35.5. The lowest BCUT2D eigenvalue weighted by molar-refractivity contribution is -0.132. The van der Waals surface area contributed by atoms with Crippen LogP contribution in [0.25, 0.3) is 82.5 Å². The summed E-state index contributed by atoms with van der Waals surface area (Å²) in [6.45, 7) is 30.9. The standard InChI is InChI=1S/C34H35F3N6O4S.C33H31ClF2N6O4.C33H31F3N6O4/c1-7-24(45)41-15-22-32(46)40(12-11-39(5)6)31-30(42(22)14-18(41)4)19-13-21(36)26(25-20(35)9-8-10-23(25)44)27(37)29(19)43(33(31)47)34-28(17(2)3)38-16-48-34;1-7-23(44)40-13-21-32(45)39(6)31-30(41(21)12-16(40)4)18-11-19(34)24(25-20(35)9-8-10-22(25)43)26(36)29(18)42(33(31)46)28-17(5)37-14-38-27(28)15(2)3;1-7-23(44)40-13-21-32(45)39(6)31-30(41(21)12-16(40)4)18-11-20(35)25(24-19(34)9-8-10-22(24)43)26(36)29(18)42(33(31)46)28-17(5)37-14-38-27(28)15(2)3/h7-10,13,16-18,22,44H,1,11-12,14-15H2,2-6H3;2*7-11,14-16,21,43H,1,12-13H2,2-6H3. The summed E-state index contributed by atoms with van der Waals surface area (Å²) in [5.41, 5.74) is -3.35. The Kier molecular flexibility index (Phi) is 26.4. The summed E-state index contributed by atoms with van der Waals surface area (Å²) in [4.78, 5) is 161. The molecule has 18 rings (SSSR count). The molecule has 6 amide bonds. The molecule has 12 heterocycles. The van der Waals surface area contributed by atoms with Gasteiger partial charge in [0.25, 0.3) is 34.4 Å². The van der Waals surface area contributed by atoms with E-state index in [4.69, 9.17) is 11.6 Å². The third-order valence-corrected chi connectivity index (χ3v) is 27.6. The Labute approximate surface area is 805 Å². The maximum Gasteiger partial charge on any atom is 0.282 e. The van der Waals surface area contributed by atoms with Crippen LogP contribution in [0.15, 0.2) is 143 Å². The van der Waals surface area contributed by atoms with Gasteiger partial charge >= 0.3 is 0 Å². The second-order valence-electron chi connectivity index (χ2n) is 36.4. The molecule has 3 fully saturated rings. The third-order valence-electron chi connectivity index (χ3n) is 26.5. The highest BCUT2D eigenvalue weighted by Crippen LogP contribution is 2.53. The van der Waals surface area contributed by atoms with Crippen molar-refractivity contribution in [2.45, 2.75) is 130 Å². The number of carbonyl (C=O) groups excluding carboxylic acids is 6. The first kappa shape index (κ1) is 98.3. The molecule has 6 atom stereocenters. The monoisotopic (exact) mass is 1960 g/mol. The number of carbonyl (C=O) groups is 6. The number of phenolic OH excluding ortho intramolecular Hbond substituents is 3. The zero-order valence-electron chi connectivity index (χ0n) is 78.7. The highest BCUT2D eigenvalue weighted by molar-refractivity contribution is 7.12. The molecule has 0 saturated carbocycles. The number of hydrogen-bond donors (Lipinski definition) is 3. The average molecular weight is 1960 g/mol. The van der Waals surface area contributed by atoms with E-state index in [-0.39, 0.29) is 164 Å². The van der Waals surface area contributed by atoms with E-state index in [2.05, 4.69) is 44.7 Å². The summed E-state index contributed by atoms with van der Waals surface area (Å²) in [7, 11) is 6.46. The van der Waals surface area contributed by atoms with E-state index >= 15 is 35.1 Å². The summed E-state index contributed by atoms with van der Waals surface area (Å²) in [6, 6.07) is 9.33. The number of rotatable bonds is 15. The molecule has 0 aliphatic carbocycles. The number of aromatic nitrogens is 8. The van der Waals surface area contributed by atoms with Gasteiger partial charge in [-0.1, -0.05) is 91.1 Å². The lowest BCUT2D eigenvalue weighted by Crippen LogP contribution is -2.67. The third kappa shape index (κ3) is 15.9. The number of thiazole rings is 1. The zero-order valence-corrected chi connectivity index (χ0v) is 80.3. The molecule has 30 nitrogen and oxygen atoms in total. The van der Waals surface area contributed by atoms with Crippen LogP contribution < -0.4 is 46.1 Å². The molecule has 40 heteroatoms. The minimum Gasteiger partial charge on any atom is -0.507 e. The summed E-state index contributed by atoms with van der Waals surface area (Å²) in [5.74, 6) is -14.2. The largest absolute Gasteiger partial charge is 0.507 e. The minimum atomic E-state index is -1.31. The number of hydrogen-bond acceptors (Lipinski definition) is 22. The number of pyridine rings is 3. The first-order valence-electron chi connectivity index (χ1n) is 44.8. The number of amides is 6. The quantitative estimate of drug-likeness (QED) is 0.0634. The fourth-order valence-electron chi connectivity index (χ4n) is 19.9. The molecule has 6 aliphatic heterocycles. The predicted octanol–water partition coefficient (Wildman–Crippen LogP) is 14.5. The second-order valence-corrected chi connectivity index (χ2v) is 37.6. The number of nitrogens with zero attached hydrogens (tertiary/aromatic N) is 18. The molecule has 6 aliphatic rings. The maximum absolute atomic E-state index is 17.3. The van der Waals surface area contributed by atoms with Crippen LogP contribution in [0, 0.1) is 60.4 Å². The highest BCUT2D eigenvalue weighted by Gasteiger charge is 2.52. The molecule has 0 bridgehead atoms. The predicted molar refractivity (Wildman–Crippen MR) is 518 cm³/mol. The second kappa shape index (κ2) is 37.5. The van der Waals surface area contributed by atoms with Crippen LogP contribution in [0.1, 0.15) is 109 Å². The molecule has 3 saturated heterocycles. The van der Waals surface area contributed by atoms with Crippen LogP contribution in [0.5, 0.6) is 17.2 Å². The molecule has 6 aromatic heterocycles. The summed E-state index contributed by atoms with van der Waals surface area (Å²) in [6.07, 6.45) is 6.14. The van der Waals surface area contributed by atoms with Gasteiger partial charge in [-0.3, -0.25) is 56.9 Å². The minimum absolute atomic E-state index is 0.000259. The van der Waals surface area contributed by atoms with E-state index in [9.17, 15) is 58.5 Å². The Morgan fingerprint density at radius 1 is 0.450 bits per heavy atom. The van der Waals surface area contributed by atoms with Gasteiger partial charge < -0.3 is 64.3 Å². The number of benzene rings is 6. The van der Waals surface area contributed by atoms with Crippen LogP contribution in [0.2, 0.25) is 5.02 Å². The van der Waals surface area contributed by atoms with Crippen molar-refractivity contribution < 1.29 is 79.2 Å². The molecular formula is C100H97ClF8N18O12S. The zero-order chi connectivity index (χ0) is 101. The fourth-order valence-corrected chi connectivity index (χ4v) is 21.1. The number of anilines is 6. The lowest BCUT2D eigenvalue weighted by atomic mass is 9.95. The Balaban J connectivity index is 0.000000151. The summed E-state index contributed by atoms with van der Waals surface area (Å²) < 4.78 is 133. The van der Waals surface area contributed by atoms with Crippen molar-refractivity contribution in [3.63, 3.8) is 0 Å². The number of likely N-dealkylation sites (N-methyl/N-ethyl adjacent to an activating group) is 3. The first-order chi connectivity index (χ1) is 66.4. The Hall–Kier alpha value is -14.7.